The Balaban J connectivity index is 1.71. The minimum atomic E-state index is -4.83. The number of allylic oxidation sites excluding steroid dienone is 2. The summed E-state index contributed by atoms with van der Waals surface area (Å²) >= 11 is 0. The van der Waals surface area contributed by atoms with Crippen LogP contribution in [0.2, 0.25) is 0 Å². The second kappa shape index (κ2) is 6.69. The molecule has 28 heavy (non-hydrogen) atoms. The van der Waals surface area contributed by atoms with E-state index in [0.717, 1.165) is 24.1 Å². The Hall–Kier alpha value is -2.22. The van der Waals surface area contributed by atoms with Crippen molar-refractivity contribution in [3.63, 3.8) is 0 Å². The number of pyridine rings is 1. The van der Waals surface area contributed by atoms with Gasteiger partial charge in [-0.05, 0) is 63.0 Å². The van der Waals surface area contributed by atoms with Gasteiger partial charge in [0, 0.05) is 29.2 Å². The van der Waals surface area contributed by atoms with Crippen LogP contribution in [0.1, 0.15) is 51.0 Å². The number of nitrogens with zero attached hydrogens (tertiary/aromatic N) is 2. The van der Waals surface area contributed by atoms with Crippen LogP contribution in [0.5, 0.6) is 5.75 Å². The molecular formula is C20H24F3N3O2. The number of nitrogens with two attached hydrogens (primary N) is 1. The van der Waals surface area contributed by atoms with E-state index in [-0.39, 0.29) is 11.4 Å². The van der Waals surface area contributed by atoms with Crippen LogP contribution in [-0.4, -0.2) is 33.0 Å². The molecule has 0 saturated heterocycles. The molecule has 2 aliphatic carbocycles. The number of fused-ring (bicyclic) bond motifs is 1. The van der Waals surface area contributed by atoms with Gasteiger partial charge in [-0.25, -0.2) is 4.98 Å². The van der Waals surface area contributed by atoms with E-state index < -0.39 is 18.2 Å². The Labute approximate surface area is 161 Å². The Bertz CT molecular complexity index is 824. The monoisotopic (exact) mass is 395 g/mol. The Morgan fingerprint density at radius 1 is 1.36 bits per heavy atom. The zero-order valence-corrected chi connectivity index (χ0v) is 15.7. The van der Waals surface area contributed by atoms with E-state index in [4.69, 9.17) is 5.73 Å². The number of hydrogen-bond acceptors (Lipinski definition) is 5. The zero-order valence-electron chi connectivity index (χ0n) is 15.7. The summed E-state index contributed by atoms with van der Waals surface area (Å²) in [6.07, 6.45) is 5.86. The lowest BCUT2D eigenvalue weighted by Crippen LogP contribution is -2.64. The van der Waals surface area contributed by atoms with E-state index in [0.29, 0.717) is 24.3 Å². The minimum absolute atomic E-state index is 0.0327. The fraction of sp³-hybridized carbons (Fsp3) is 0.550. The van der Waals surface area contributed by atoms with Crippen molar-refractivity contribution in [2.75, 3.05) is 5.73 Å². The fourth-order valence-electron chi connectivity index (χ4n) is 4.65. The number of ether oxygens (including phenoxy) is 1. The van der Waals surface area contributed by atoms with Crippen molar-refractivity contribution in [1.29, 1.82) is 0 Å². The topological polar surface area (TPSA) is 71.6 Å². The summed E-state index contributed by atoms with van der Waals surface area (Å²) in [6.45, 7) is 1.75. The molecule has 1 aromatic heterocycles. The van der Waals surface area contributed by atoms with Crippen molar-refractivity contribution in [3.05, 3.63) is 35.8 Å². The van der Waals surface area contributed by atoms with Gasteiger partial charge in [-0.15, -0.1) is 13.2 Å². The molecule has 4 rings (SSSR count). The number of hydrogen-bond donors (Lipinski definition) is 2. The highest BCUT2D eigenvalue weighted by molar-refractivity contribution is 5.69. The van der Waals surface area contributed by atoms with Gasteiger partial charge < -0.3 is 20.5 Å². The average Bonchev–Trinajstić information content (AvgIpc) is 2.81. The molecule has 0 aromatic carbocycles. The van der Waals surface area contributed by atoms with Crippen LogP contribution in [0.3, 0.4) is 0 Å². The number of halogens is 3. The molecule has 3 aliphatic rings. The predicted molar refractivity (Wildman–Crippen MR) is 98.8 cm³/mol. The quantitative estimate of drug-likeness (QED) is 0.799. The van der Waals surface area contributed by atoms with Crippen molar-refractivity contribution in [3.8, 4) is 5.75 Å². The van der Waals surface area contributed by atoms with Gasteiger partial charge >= 0.3 is 6.36 Å². The summed E-state index contributed by atoms with van der Waals surface area (Å²) in [5.41, 5.74) is 7.87. The van der Waals surface area contributed by atoms with E-state index >= 15 is 0 Å². The normalized spacial score (nSPS) is 28.2. The molecule has 1 atom stereocenters. The second-order valence-corrected chi connectivity index (χ2v) is 7.90. The van der Waals surface area contributed by atoms with Gasteiger partial charge in [0.1, 0.15) is 0 Å². The van der Waals surface area contributed by atoms with Crippen LogP contribution in [-0.2, 0) is 0 Å². The van der Waals surface area contributed by atoms with E-state index in [9.17, 15) is 18.3 Å². The molecule has 8 heteroatoms. The third kappa shape index (κ3) is 3.23. The number of anilines is 1. The summed E-state index contributed by atoms with van der Waals surface area (Å²) in [4.78, 5) is 6.08. The lowest BCUT2D eigenvalue weighted by molar-refractivity contribution is -0.274. The summed E-state index contributed by atoms with van der Waals surface area (Å²) in [6, 6.07) is 1.30. The van der Waals surface area contributed by atoms with E-state index in [1.807, 2.05) is 12.3 Å². The smallest absolute Gasteiger partial charge is 0.402 e. The zero-order chi connectivity index (χ0) is 20.1. The largest absolute Gasteiger partial charge is 0.573 e. The highest BCUT2D eigenvalue weighted by atomic mass is 19.4. The average molecular weight is 395 g/mol. The van der Waals surface area contributed by atoms with Gasteiger partial charge in [0.25, 0.3) is 0 Å². The molecule has 2 saturated carbocycles. The number of aliphatic hydroxyl groups is 1. The van der Waals surface area contributed by atoms with Gasteiger partial charge in [-0.1, -0.05) is 6.08 Å². The summed E-state index contributed by atoms with van der Waals surface area (Å²) in [5, 5.41) is 10.3. The SMILES string of the molecule is CC(O)C1=CCCC(c2cnc(N)c(OC(F)(F)F)c2)=CN1C12CCC1CC2. The van der Waals surface area contributed by atoms with Crippen LogP contribution in [0, 0.1) is 5.92 Å². The first-order valence-corrected chi connectivity index (χ1v) is 9.59. The molecule has 1 unspecified atom stereocenters. The van der Waals surface area contributed by atoms with Crippen LogP contribution < -0.4 is 10.5 Å². The molecule has 5 nitrogen and oxygen atoms in total. The molecule has 0 radical (unpaired) electrons. The lowest BCUT2D eigenvalue weighted by Gasteiger charge is -2.64. The third-order valence-corrected chi connectivity index (χ3v) is 6.33. The molecule has 152 valence electrons. The van der Waals surface area contributed by atoms with Gasteiger partial charge in [-0.2, -0.15) is 0 Å². The maximum absolute atomic E-state index is 12.7. The first kappa shape index (κ1) is 19.1. The number of aliphatic hydroxyl groups excluding tert-OH is 1. The Morgan fingerprint density at radius 3 is 2.61 bits per heavy atom. The minimum Gasteiger partial charge on any atom is -0.402 e. The van der Waals surface area contributed by atoms with Gasteiger partial charge in [0.05, 0.1) is 6.10 Å². The van der Waals surface area contributed by atoms with Crippen LogP contribution >= 0.6 is 0 Å². The van der Waals surface area contributed by atoms with Gasteiger partial charge in [0.2, 0.25) is 0 Å². The highest BCUT2D eigenvalue weighted by Gasteiger charge is 2.57. The number of alkyl halides is 3. The first-order valence-electron chi connectivity index (χ1n) is 9.59. The summed E-state index contributed by atoms with van der Waals surface area (Å²) in [5.74, 6) is -0.181. The van der Waals surface area contributed by atoms with E-state index in [1.54, 1.807) is 6.92 Å². The van der Waals surface area contributed by atoms with Crippen LogP contribution in [0.15, 0.2) is 30.2 Å². The molecule has 2 heterocycles. The maximum atomic E-state index is 12.7. The van der Waals surface area contributed by atoms with Gasteiger partial charge in [-0.3, -0.25) is 0 Å². The maximum Gasteiger partial charge on any atom is 0.573 e. The predicted octanol–water partition coefficient (Wildman–Crippen LogP) is 4.21. The van der Waals surface area contributed by atoms with Crippen LogP contribution in [0.25, 0.3) is 5.57 Å². The van der Waals surface area contributed by atoms with E-state index in [2.05, 4.69) is 14.6 Å². The summed E-state index contributed by atoms with van der Waals surface area (Å²) < 4.78 is 42.0. The molecule has 0 amide bonds. The highest BCUT2D eigenvalue weighted by Crippen LogP contribution is 2.59. The fourth-order valence-corrected chi connectivity index (χ4v) is 4.65. The van der Waals surface area contributed by atoms with Crippen LogP contribution in [0.4, 0.5) is 19.0 Å². The molecule has 1 aromatic rings. The van der Waals surface area contributed by atoms with Crippen molar-refractivity contribution >= 4 is 11.4 Å². The van der Waals surface area contributed by atoms with Crippen molar-refractivity contribution in [1.82, 2.24) is 9.88 Å². The van der Waals surface area contributed by atoms with Crippen molar-refractivity contribution in [2.24, 2.45) is 5.92 Å². The molecule has 1 aliphatic heterocycles. The third-order valence-electron chi connectivity index (χ3n) is 6.33. The number of rotatable bonds is 4. The second-order valence-electron chi connectivity index (χ2n) is 7.90. The number of aromatic nitrogens is 1. The lowest BCUT2D eigenvalue weighted by atomic mass is 9.52. The molecule has 0 spiro atoms. The van der Waals surface area contributed by atoms with Gasteiger partial charge in [0.15, 0.2) is 11.6 Å². The van der Waals surface area contributed by atoms with Crippen molar-refractivity contribution in [2.45, 2.75) is 63.5 Å². The molecule has 3 N–H and O–H groups in total. The molecule has 2 fully saturated rings. The molecular weight excluding hydrogens is 371 g/mol. The standard InChI is InChI=1S/C20H24F3N3O2/c1-12(27)16-4-2-3-13(11-26(16)19-7-5-15(19)6-8-19)14-9-17(18(24)25-10-14)28-20(21,22)23/h4,9-12,15,27H,2-3,5-8H2,1H3,(H2,24,25). The first-order chi connectivity index (χ1) is 13.2. The summed E-state index contributed by atoms with van der Waals surface area (Å²) in [7, 11) is 0. The van der Waals surface area contributed by atoms with E-state index in [1.165, 1.54) is 25.1 Å². The Kier molecular flexibility index (Phi) is 4.56. The number of nitrogen functional groups attached to an aromatic ring is 1. The van der Waals surface area contributed by atoms with Crippen molar-refractivity contribution < 1.29 is 23.0 Å². The Morgan fingerprint density at radius 2 is 2.07 bits per heavy atom. The molecule has 0 bridgehead atoms.